The number of carbonyl (C=O) groups is 5. The molecule has 0 saturated carbocycles. The van der Waals surface area contributed by atoms with E-state index >= 15 is 0 Å². The van der Waals surface area contributed by atoms with Crippen LogP contribution >= 0.6 is 68.0 Å². The topological polar surface area (TPSA) is 300 Å². The molecule has 428 valence electrons. The van der Waals surface area contributed by atoms with Crippen LogP contribution in [0.15, 0.2) is 70.6 Å². The summed E-state index contributed by atoms with van der Waals surface area (Å²) in [6, 6.07) is 10.6. The van der Waals surface area contributed by atoms with Crippen LogP contribution in [0, 0.1) is 12.8 Å². The highest BCUT2D eigenvalue weighted by Crippen LogP contribution is 2.41. The molecule has 21 nitrogen and oxygen atoms in total. The molecule has 1 aliphatic heterocycles. The van der Waals surface area contributed by atoms with Crippen LogP contribution in [0.2, 0.25) is 0 Å². The number of unbranched alkanes of at least 4 members (excludes halogenated alkanes) is 2. The standard InChI is InChI=1S/C55H59N13O8S6/c1-27(2)32-19-38(69)44-29(4)81-53(68-44)34(20-41(70)57-5)60-48(73)36-24-77-49(62-36)31-15-16-33(51-64-40(26-80-51)65-55(74)76-18-12-8-11-17-56)59-45(31)35-23-78-52(61-35)37-25-79-54(63-37)46(47(72)30-13-9-7-10-14-30)66-42(71)21-58-28(3)43-39(22-75-6)82-50(32)67-43/h7,9-10,13-16,23-27,32,34,46-47,58,72H,3,8,11-12,17-22,56H2,1-2,4-6H3,(H,57,70)(H,60,73)(H,65,74)(H,66,71)/t32-,34+,46+,47+/m1/s1. The van der Waals surface area contributed by atoms with Crippen LogP contribution in [-0.4, -0.2) is 103 Å². The minimum absolute atomic E-state index is 0.0482. The molecule has 9 rings (SSSR count). The number of amides is 4. The number of anilines is 1. The Kier molecular flexibility index (Phi) is 19.8. The summed E-state index contributed by atoms with van der Waals surface area (Å²) in [5, 5.41) is 36.2. The van der Waals surface area contributed by atoms with E-state index in [-0.39, 0.29) is 73.3 Å². The van der Waals surface area contributed by atoms with Gasteiger partial charge in [-0.15, -0.1) is 68.0 Å². The van der Waals surface area contributed by atoms with Gasteiger partial charge in [-0.1, -0.05) is 50.8 Å². The predicted octanol–water partition coefficient (Wildman–Crippen LogP) is 9.71. The average molecular weight is 1220 g/mol. The van der Waals surface area contributed by atoms with Crippen molar-refractivity contribution >= 4 is 109 Å². The fraction of sp³-hybridized carbons (Fsp3) is 0.345. The van der Waals surface area contributed by atoms with E-state index in [1.807, 2.05) is 31.4 Å². The number of aromatic nitrogens is 7. The predicted molar refractivity (Wildman–Crippen MR) is 321 cm³/mol. The fourth-order valence-electron chi connectivity index (χ4n) is 8.71. The van der Waals surface area contributed by atoms with E-state index in [0.717, 1.165) is 17.7 Å². The zero-order valence-corrected chi connectivity index (χ0v) is 50.2. The number of aryl methyl sites for hydroxylation is 1. The molecule has 0 unspecified atom stereocenters. The summed E-state index contributed by atoms with van der Waals surface area (Å²) in [7, 11) is 3.07. The van der Waals surface area contributed by atoms with Gasteiger partial charge in [0, 0.05) is 58.5 Å². The monoisotopic (exact) mass is 1220 g/mol. The highest BCUT2D eigenvalue weighted by atomic mass is 32.1. The number of rotatable bonds is 14. The van der Waals surface area contributed by atoms with Gasteiger partial charge < -0.3 is 41.6 Å². The van der Waals surface area contributed by atoms with Gasteiger partial charge in [-0.3, -0.25) is 24.5 Å². The lowest BCUT2D eigenvalue weighted by atomic mass is 9.90. The van der Waals surface area contributed by atoms with Crippen molar-refractivity contribution in [2.75, 3.05) is 39.2 Å². The third-order valence-electron chi connectivity index (χ3n) is 13.0. The molecule has 8 aromatic rings. The number of aliphatic hydroxyl groups is 1. The highest BCUT2D eigenvalue weighted by molar-refractivity contribution is 7.15. The second-order valence-corrected chi connectivity index (χ2v) is 25.0. The lowest BCUT2D eigenvalue weighted by Gasteiger charge is -2.23. The first-order valence-corrected chi connectivity index (χ1v) is 31.2. The number of nitrogens with zero attached hydrogens (tertiary/aromatic N) is 7. The van der Waals surface area contributed by atoms with Crippen molar-refractivity contribution in [3.63, 3.8) is 0 Å². The number of thiazole rings is 6. The molecule has 82 heavy (non-hydrogen) atoms. The molecular formula is C55H59N13O8S6. The first-order valence-electron chi connectivity index (χ1n) is 26.1. The number of nitrogens with one attached hydrogen (secondary N) is 5. The van der Waals surface area contributed by atoms with Crippen molar-refractivity contribution in [1.82, 2.24) is 56.2 Å². The van der Waals surface area contributed by atoms with Gasteiger partial charge in [0.2, 0.25) is 11.8 Å². The van der Waals surface area contributed by atoms with E-state index in [9.17, 15) is 29.1 Å². The number of aliphatic hydroxyl groups excluding tert-OH is 1. The molecule has 8 heterocycles. The average Bonchev–Trinajstić information content (AvgIpc) is 4.48. The van der Waals surface area contributed by atoms with Crippen molar-refractivity contribution in [3.05, 3.63) is 118 Å². The Balaban J connectivity index is 1.10. The van der Waals surface area contributed by atoms with Crippen LogP contribution in [-0.2, 0) is 25.7 Å². The van der Waals surface area contributed by atoms with Gasteiger partial charge in [0.25, 0.3) is 5.91 Å². The van der Waals surface area contributed by atoms with E-state index < -0.39 is 36.1 Å². The summed E-state index contributed by atoms with van der Waals surface area (Å²) in [5.74, 6) is -1.75. The number of benzene rings is 1. The number of methoxy groups -OCH3 is 1. The number of ketones is 1. The third kappa shape index (κ3) is 14.2. The smallest absolute Gasteiger partial charge is 0.412 e. The quantitative estimate of drug-likeness (QED) is 0.0498. The van der Waals surface area contributed by atoms with Crippen LogP contribution < -0.4 is 32.3 Å². The van der Waals surface area contributed by atoms with Gasteiger partial charge >= 0.3 is 6.09 Å². The first kappa shape index (κ1) is 59.5. The molecule has 4 amide bonds. The Bertz CT molecular complexity index is 3590. The van der Waals surface area contributed by atoms with E-state index in [1.165, 1.54) is 75.1 Å². The Morgan fingerprint density at radius 1 is 0.793 bits per heavy atom. The van der Waals surface area contributed by atoms with Crippen molar-refractivity contribution in [1.29, 1.82) is 0 Å². The molecule has 10 bridgehead atoms. The number of Topliss-reactive ketones (excluding diaryl/α,β-unsaturated/α-hetero) is 1. The van der Waals surface area contributed by atoms with Gasteiger partial charge in [0.15, 0.2) is 5.78 Å². The van der Waals surface area contributed by atoms with Crippen molar-refractivity contribution in [2.24, 2.45) is 11.7 Å². The lowest BCUT2D eigenvalue weighted by molar-refractivity contribution is -0.122. The van der Waals surface area contributed by atoms with Crippen LogP contribution in [0.1, 0.15) is 127 Å². The fourth-order valence-corrected chi connectivity index (χ4v) is 14.3. The van der Waals surface area contributed by atoms with Gasteiger partial charge in [0.1, 0.15) is 77.2 Å². The Morgan fingerprint density at radius 3 is 2.29 bits per heavy atom. The van der Waals surface area contributed by atoms with E-state index in [2.05, 4.69) is 38.1 Å². The molecular weight excluding hydrogens is 1160 g/mol. The number of fused-ring (bicyclic) bond motifs is 14. The first-order chi connectivity index (χ1) is 39.6. The summed E-state index contributed by atoms with van der Waals surface area (Å²) in [4.78, 5) is 104. The highest BCUT2D eigenvalue weighted by Gasteiger charge is 2.32. The normalized spacial score (nSPS) is 16.5. The molecule has 0 spiro atoms. The van der Waals surface area contributed by atoms with Crippen LogP contribution in [0.4, 0.5) is 10.6 Å². The molecule has 7 aromatic heterocycles. The van der Waals surface area contributed by atoms with E-state index in [0.29, 0.717) is 93.2 Å². The summed E-state index contributed by atoms with van der Waals surface area (Å²) in [5.41, 5.74) is 9.61. The van der Waals surface area contributed by atoms with Crippen molar-refractivity contribution < 1.29 is 38.6 Å². The number of hydrogen-bond acceptors (Lipinski definition) is 23. The second kappa shape index (κ2) is 27.3. The van der Waals surface area contributed by atoms with Crippen molar-refractivity contribution in [3.8, 4) is 43.4 Å². The molecule has 8 N–H and O–H groups in total. The van der Waals surface area contributed by atoms with E-state index in [4.69, 9.17) is 45.1 Å². The molecule has 27 heteroatoms. The minimum Gasteiger partial charge on any atom is -0.449 e. The van der Waals surface area contributed by atoms with E-state index in [1.54, 1.807) is 60.5 Å². The van der Waals surface area contributed by atoms with Crippen molar-refractivity contribution in [2.45, 2.75) is 83.6 Å². The summed E-state index contributed by atoms with van der Waals surface area (Å²) in [6.07, 6.45) is 0.413. The van der Waals surface area contributed by atoms with Gasteiger partial charge in [-0.2, -0.15) is 0 Å². The number of hydrogen-bond donors (Lipinski definition) is 7. The summed E-state index contributed by atoms with van der Waals surface area (Å²) in [6.45, 7) is 10.8. The maximum absolute atomic E-state index is 14.4. The number of nitrogens with two attached hydrogens (primary N) is 1. The minimum atomic E-state index is -1.20. The Morgan fingerprint density at radius 2 is 1.52 bits per heavy atom. The maximum atomic E-state index is 14.4. The Labute approximate surface area is 496 Å². The number of pyridine rings is 1. The molecule has 0 radical (unpaired) electrons. The zero-order chi connectivity index (χ0) is 58.0. The molecule has 0 fully saturated rings. The molecule has 0 aliphatic carbocycles. The van der Waals surface area contributed by atoms with Gasteiger partial charge in [-0.25, -0.2) is 39.7 Å². The molecule has 1 aromatic carbocycles. The third-order valence-corrected chi connectivity index (χ3v) is 18.8. The molecule has 1 aliphatic rings. The zero-order valence-electron chi connectivity index (χ0n) is 45.3. The molecule has 4 atom stereocenters. The summed E-state index contributed by atoms with van der Waals surface area (Å²) < 4.78 is 10.9. The molecule has 0 saturated heterocycles. The Hall–Kier alpha value is -7.08. The van der Waals surface area contributed by atoms with Gasteiger partial charge in [0.05, 0.1) is 53.5 Å². The number of carbonyl (C=O) groups excluding carboxylic acids is 5. The second-order valence-electron chi connectivity index (χ2n) is 19.2. The lowest BCUT2D eigenvalue weighted by Crippen LogP contribution is -2.38. The van der Waals surface area contributed by atoms with Gasteiger partial charge in [-0.05, 0) is 56.3 Å². The van der Waals surface area contributed by atoms with Crippen LogP contribution in [0.25, 0.3) is 49.1 Å². The van der Waals surface area contributed by atoms with Crippen LogP contribution in [0.3, 0.4) is 0 Å². The largest absolute Gasteiger partial charge is 0.449 e. The summed E-state index contributed by atoms with van der Waals surface area (Å²) >= 11 is 7.64. The number of ether oxygens (including phenoxy) is 2. The van der Waals surface area contributed by atoms with Crippen LogP contribution in [0.5, 0.6) is 0 Å². The SMILES string of the molecule is C=C1NCC(=O)N[C@@H]([C@@H](O)c2ccccc2)c2nc(cs2)-c2nc(cs2)-c2nc(-c3nc(NC(=O)OCCCCCN)cs3)ccc2-c2nc(cs2)C(=O)N[C@@H](CC(=O)NC)c2nc(c(C)s2)C(=O)C[C@H](C(C)C)c2nc1c(COC)s2. The maximum Gasteiger partial charge on any atom is 0.412 e.